The Morgan fingerprint density at radius 3 is 2.71 bits per heavy atom. The first kappa shape index (κ1) is 9.25. The molecule has 1 aromatic carbocycles. The van der Waals surface area contributed by atoms with Crippen LogP contribution in [0.2, 0.25) is 0 Å². The fourth-order valence-corrected chi connectivity index (χ4v) is 1.75. The lowest BCUT2D eigenvalue weighted by Gasteiger charge is -2.28. The topological polar surface area (TPSA) is 26.3 Å². The van der Waals surface area contributed by atoms with Crippen molar-refractivity contribution in [2.75, 3.05) is 0 Å². The number of para-hydroxylation sites is 1. The highest BCUT2D eigenvalue weighted by Gasteiger charge is 2.31. The molecule has 2 heteroatoms. The van der Waals surface area contributed by atoms with Crippen LogP contribution in [0.1, 0.15) is 29.8 Å². The van der Waals surface area contributed by atoms with Crippen molar-refractivity contribution < 1.29 is 9.53 Å². The Morgan fingerprint density at radius 2 is 2.00 bits per heavy atom. The maximum Gasteiger partial charge on any atom is 0.173 e. The van der Waals surface area contributed by atoms with E-state index in [1.54, 1.807) is 0 Å². The van der Waals surface area contributed by atoms with Gasteiger partial charge in [0.15, 0.2) is 5.78 Å². The van der Waals surface area contributed by atoms with Crippen molar-refractivity contribution >= 4 is 5.78 Å². The predicted octanol–water partition coefficient (Wildman–Crippen LogP) is 2.59. The Bertz CT molecular complexity index is 382. The highest BCUT2D eigenvalue weighted by molar-refractivity contribution is 6.01. The first-order valence-electron chi connectivity index (χ1n) is 4.91. The first-order valence-corrected chi connectivity index (χ1v) is 4.91. The van der Waals surface area contributed by atoms with Crippen molar-refractivity contribution in [2.45, 2.75) is 26.9 Å². The van der Waals surface area contributed by atoms with Crippen molar-refractivity contribution in [3.63, 3.8) is 0 Å². The van der Waals surface area contributed by atoms with Gasteiger partial charge in [0, 0.05) is 0 Å². The summed E-state index contributed by atoms with van der Waals surface area (Å²) in [6, 6.07) is 5.71. The zero-order valence-electron chi connectivity index (χ0n) is 8.70. The number of rotatable bonds is 0. The van der Waals surface area contributed by atoms with Crippen LogP contribution in [0, 0.1) is 12.8 Å². The summed E-state index contributed by atoms with van der Waals surface area (Å²) in [4.78, 5) is 11.9. The molecule has 0 amide bonds. The van der Waals surface area contributed by atoms with E-state index < -0.39 is 0 Å². The second-order valence-corrected chi connectivity index (χ2v) is 3.93. The molecule has 1 aliphatic heterocycles. The zero-order chi connectivity index (χ0) is 10.3. The van der Waals surface area contributed by atoms with Crippen LogP contribution in [-0.2, 0) is 0 Å². The van der Waals surface area contributed by atoms with E-state index in [-0.39, 0.29) is 17.8 Å². The van der Waals surface area contributed by atoms with E-state index in [1.165, 1.54) is 0 Å². The summed E-state index contributed by atoms with van der Waals surface area (Å²) in [5, 5.41) is 0. The number of benzene rings is 1. The summed E-state index contributed by atoms with van der Waals surface area (Å²) in [5.74, 6) is 0.926. The van der Waals surface area contributed by atoms with Gasteiger partial charge in [0.1, 0.15) is 11.9 Å². The summed E-state index contributed by atoms with van der Waals surface area (Å²) < 4.78 is 5.72. The molecule has 0 saturated heterocycles. The second-order valence-electron chi connectivity index (χ2n) is 3.93. The van der Waals surface area contributed by atoms with Crippen molar-refractivity contribution in [1.29, 1.82) is 0 Å². The molecule has 1 aliphatic rings. The molecule has 0 aromatic heterocycles. The lowest BCUT2D eigenvalue weighted by Crippen LogP contribution is -2.33. The standard InChI is InChI=1S/C12H14O2/c1-7-5-4-6-10-11(13)8(2)9(3)14-12(7)10/h4-6,8-9H,1-3H3. The fraction of sp³-hybridized carbons (Fsp3) is 0.417. The highest BCUT2D eigenvalue weighted by atomic mass is 16.5. The van der Waals surface area contributed by atoms with Crippen molar-refractivity contribution in [3.05, 3.63) is 29.3 Å². The number of hydrogen-bond acceptors (Lipinski definition) is 2. The van der Waals surface area contributed by atoms with E-state index in [1.807, 2.05) is 39.0 Å². The molecule has 0 aliphatic carbocycles. The number of ether oxygens (including phenoxy) is 1. The van der Waals surface area contributed by atoms with Crippen LogP contribution >= 0.6 is 0 Å². The summed E-state index contributed by atoms with van der Waals surface area (Å²) >= 11 is 0. The van der Waals surface area contributed by atoms with Gasteiger partial charge in [-0.1, -0.05) is 19.1 Å². The zero-order valence-corrected chi connectivity index (χ0v) is 8.70. The van der Waals surface area contributed by atoms with E-state index in [4.69, 9.17) is 4.74 Å². The lowest BCUT2D eigenvalue weighted by molar-refractivity contribution is 0.0728. The number of Topliss-reactive ketones (excluding diaryl/α,β-unsaturated/α-hetero) is 1. The number of carbonyl (C=O) groups excluding carboxylic acids is 1. The van der Waals surface area contributed by atoms with E-state index in [0.717, 1.165) is 16.9 Å². The third kappa shape index (κ3) is 1.22. The number of hydrogen-bond donors (Lipinski definition) is 0. The molecular weight excluding hydrogens is 176 g/mol. The average molecular weight is 190 g/mol. The van der Waals surface area contributed by atoms with Gasteiger partial charge in [0.2, 0.25) is 0 Å². The molecule has 0 bridgehead atoms. The minimum absolute atomic E-state index is 0.0175. The Balaban J connectivity index is 2.56. The van der Waals surface area contributed by atoms with Gasteiger partial charge in [-0.3, -0.25) is 4.79 Å². The van der Waals surface area contributed by atoms with Gasteiger partial charge in [-0.05, 0) is 25.5 Å². The Hall–Kier alpha value is -1.31. The van der Waals surface area contributed by atoms with Crippen molar-refractivity contribution in [1.82, 2.24) is 0 Å². The molecule has 14 heavy (non-hydrogen) atoms. The van der Waals surface area contributed by atoms with Crippen LogP contribution in [0.15, 0.2) is 18.2 Å². The van der Waals surface area contributed by atoms with E-state index in [2.05, 4.69) is 0 Å². The quantitative estimate of drug-likeness (QED) is 0.628. The van der Waals surface area contributed by atoms with Crippen LogP contribution in [0.5, 0.6) is 5.75 Å². The number of fused-ring (bicyclic) bond motifs is 1. The van der Waals surface area contributed by atoms with Gasteiger partial charge < -0.3 is 4.74 Å². The van der Waals surface area contributed by atoms with E-state index >= 15 is 0 Å². The third-order valence-electron chi connectivity index (χ3n) is 2.90. The van der Waals surface area contributed by atoms with Gasteiger partial charge in [-0.15, -0.1) is 0 Å². The van der Waals surface area contributed by atoms with Crippen LogP contribution < -0.4 is 4.74 Å². The van der Waals surface area contributed by atoms with Crippen molar-refractivity contribution in [3.8, 4) is 5.75 Å². The molecular formula is C12H14O2. The van der Waals surface area contributed by atoms with E-state index in [9.17, 15) is 4.79 Å². The third-order valence-corrected chi connectivity index (χ3v) is 2.90. The van der Waals surface area contributed by atoms with Gasteiger partial charge in [0.05, 0.1) is 11.5 Å². The molecule has 2 unspecified atom stereocenters. The molecule has 0 spiro atoms. The second kappa shape index (κ2) is 3.12. The monoisotopic (exact) mass is 190 g/mol. The van der Waals surface area contributed by atoms with Gasteiger partial charge in [-0.2, -0.15) is 0 Å². The largest absolute Gasteiger partial charge is 0.489 e. The Kier molecular flexibility index (Phi) is 2.06. The SMILES string of the molecule is Cc1cccc2c1OC(C)C(C)C2=O. The predicted molar refractivity (Wildman–Crippen MR) is 54.8 cm³/mol. The van der Waals surface area contributed by atoms with Gasteiger partial charge >= 0.3 is 0 Å². The number of ketones is 1. The molecule has 0 fully saturated rings. The molecule has 2 nitrogen and oxygen atoms in total. The van der Waals surface area contributed by atoms with Crippen LogP contribution in [0.4, 0.5) is 0 Å². The number of carbonyl (C=O) groups is 1. The minimum atomic E-state index is -0.0377. The fourth-order valence-electron chi connectivity index (χ4n) is 1.75. The maximum absolute atomic E-state index is 11.9. The molecule has 2 rings (SSSR count). The average Bonchev–Trinajstić information content (AvgIpc) is 2.17. The summed E-state index contributed by atoms with van der Waals surface area (Å²) in [6.45, 7) is 5.82. The Labute approximate surface area is 83.9 Å². The van der Waals surface area contributed by atoms with Crippen LogP contribution in [-0.4, -0.2) is 11.9 Å². The molecule has 1 aromatic rings. The molecule has 2 atom stereocenters. The summed E-state index contributed by atoms with van der Waals surface area (Å²) in [6.07, 6.45) is -0.0175. The normalized spacial score (nSPS) is 25.5. The molecule has 0 saturated carbocycles. The Morgan fingerprint density at radius 1 is 1.29 bits per heavy atom. The van der Waals surface area contributed by atoms with Crippen LogP contribution in [0.25, 0.3) is 0 Å². The highest BCUT2D eigenvalue weighted by Crippen LogP contribution is 2.33. The summed E-state index contributed by atoms with van der Waals surface area (Å²) in [7, 11) is 0. The van der Waals surface area contributed by atoms with Gasteiger partial charge in [-0.25, -0.2) is 0 Å². The molecule has 74 valence electrons. The molecule has 1 heterocycles. The molecule has 0 radical (unpaired) electrons. The first-order chi connectivity index (χ1) is 6.61. The maximum atomic E-state index is 11.9. The minimum Gasteiger partial charge on any atom is -0.489 e. The number of aryl methyl sites for hydroxylation is 1. The van der Waals surface area contributed by atoms with Gasteiger partial charge in [0.25, 0.3) is 0 Å². The molecule has 0 N–H and O–H groups in total. The van der Waals surface area contributed by atoms with Crippen molar-refractivity contribution in [2.24, 2.45) is 5.92 Å². The van der Waals surface area contributed by atoms with Crippen LogP contribution in [0.3, 0.4) is 0 Å². The van der Waals surface area contributed by atoms with E-state index in [0.29, 0.717) is 0 Å². The smallest absolute Gasteiger partial charge is 0.173 e. The summed E-state index contributed by atoms with van der Waals surface area (Å²) in [5.41, 5.74) is 1.77. The lowest BCUT2D eigenvalue weighted by atomic mass is 9.90.